The van der Waals surface area contributed by atoms with Gasteiger partial charge in [0.25, 0.3) is 11.7 Å². The van der Waals surface area contributed by atoms with E-state index in [0.29, 0.717) is 11.5 Å². The summed E-state index contributed by atoms with van der Waals surface area (Å²) in [5, 5.41) is 9.00. The van der Waals surface area contributed by atoms with Crippen LogP contribution in [-0.4, -0.2) is 33.2 Å². The molecule has 0 radical (unpaired) electrons. The van der Waals surface area contributed by atoms with Gasteiger partial charge in [0.05, 0.1) is 10.6 Å². The summed E-state index contributed by atoms with van der Waals surface area (Å²) in [6.45, 7) is 3.55. The third-order valence-electron chi connectivity index (χ3n) is 5.20. The molecule has 34 heavy (non-hydrogen) atoms. The maximum absolute atomic E-state index is 13.4. The van der Waals surface area contributed by atoms with E-state index in [0.717, 1.165) is 34.5 Å². The van der Waals surface area contributed by atoms with Crippen LogP contribution in [-0.2, 0) is 22.4 Å². The van der Waals surface area contributed by atoms with Crippen LogP contribution in [0.5, 0.6) is 0 Å². The van der Waals surface area contributed by atoms with Crippen LogP contribution in [0, 0.1) is 5.82 Å². The zero-order valence-corrected chi connectivity index (χ0v) is 19.6. The molecule has 0 atom stereocenters. The summed E-state index contributed by atoms with van der Waals surface area (Å²) in [6.07, 6.45) is 1.53. The van der Waals surface area contributed by atoms with Crippen molar-refractivity contribution in [2.75, 3.05) is 11.9 Å². The monoisotopic (exact) mass is 478 g/mol. The number of carbonyl (C=O) groups excluding carboxylic acids is 2. The van der Waals surface area contributed by atoms with Gasteiger partial charge in [0, 0.05) is 5.69 Å². The second-order valence-electron chi connectivity index (χ2n) is 7.41. The zero-order valence-electron chi connectivity index (χ0n) is 18.7. The number of anilines is 1. The first kappa shape index (κ1) is 23.3. The second kappa shape index (κ2) is 10.4. The fourth-order valence-electron chi connectivity index (χ4n) is 3.50. The third-order valence-corrected chi connectivity index (χ3v) is 6.07. The molecule has 0 aliphatic carbocycles. The normalized spacial score (nSPS) is 10.8. The number of carbonyl (C=O) groups is 2. The van der Waals surface area contributed by atoms with Gasteiger partial charge in [0.2, 0.25) is 0 Å². The number of rotatable bonds is 8. The molecule has 9 heteroatoms. The average Bonchev–Trinajstić information content (AvgIpc) is 3.53. The summed E-state index contributed by atoms with van der Waals surface area (Å²) < 4.78 is 20.0. The van der Waals surface area contributed by atoms with Crippen LogP contribution in [0.25, 0.3) is 16.4 Å². The smallest absolute Gasteiger partial charge is 0.378 e. The SMILES string of the molecule is CCc1cccc(CC)c1NC(=O)COC(=O)c1nc(-c2cccs2)n(-c2ccc(F)cc2)n1. The molecule has 4 rings (SSSR count). The number of nitrogens with one attached hydrogen (secondary N) is 1. The zero-order chi connectivity index (χ0) is 24.1. The average molecular weight is 479 g/mol. The number of halogens is 1. The summed E-state index contributed by atoms with van der Waals surface area (Å²) in [6, 6.07) is 15.3. The Labute approximate surface area is 200 Å². The Balaban J connectivity index is 1.51. The van der Waals surface area contributed by atoms with Gasteiger partial charge in [-0.25, -0.2) is 13.9 Å². The number of aromatic nitrogens is 3. The number of esters is 1. The van der Waals surface area contributed by atoms with E-state index in [-0.39, 0.29) is 11.6 Å². The third kappa shape index (κ3) is 5.04. The van der Waals surface area contributed by atoms with E-state index < -0.39 is 18.5 Å². The van der Waals surface area contributed by atoms with E-state index in [1.54, 1.807) is 12.1 Å². The molecule has 7 nitrogen and oxygen atoms in total. The minimum absolute atomic E-state index is 0.191. The summed E-state index contributed by atoms with van der Waals surface area (Å²) in [5.41, 5.74) is 3.32. The van der Waals surface area contributed by atoms with E-state index in [4.69, 9.17) is 4.74 Å². The van der Waals surface area contributed by atoms with Crippen LogP contribution in [0.2, 0.25) is 0 Å². The van der Waals surface area contributed by atoms with Crippen molar-refractivity contribution < 1.29 is 18.7 Å². The van der Waals surface area contributed by atoms with Crippen LogP contribution < -0.4 is 5.32 Å². The van der Waals surface area contributed by atoms with Gasteiger partial charge in [-0.15, -0.1) is 16.4 Å². The highest BCUT2D eigenvalue weighted by atomic mass is 32.1. The molecule has 0 aliphatic rings. The lowest BCUT2D eigenvalue weighted by atomic mass is 10.0. The van der Waals surface area contributed by atoms with Gasteiger partial charge in [-0.3, -0.25) is 4.79 Å². The van der Waals surface area contributed by atoms with Crippen LogP contribution in [0.3, 0.4) is 0 Å². The lowest BCUT2D eigenvalue weighted by Crippen LogP contribution is -2.22. The second-order valence-corrected chi connectivity index (χ2v) is 8.35. The molecule has 0 bridgehead atoms. The Hall–Kier alpha value is -3.85. The van der Waals surface area contributed by atoms with Gasteiger partial charge in [0.15, 0.2) is 12.4 Å². The van der Waals surface area contributed by atoms with Crippen molar-refractivity contribution in [2.45, 2.75) is 26.7 Å². The number of hydrogen-bond donors (Lipinski definition) is 1. The summed E-state index contributed by atoms with van der Waals surface area (Å²) in [7, 11) is 0. The topological polar surface area (TPSA) is 86.1 Å². The molecule has 0 saturated heterocycles. The van der Waals surface area contributed by atoms with E-state index in [9.17, 15) is 14.0 Å². The fraction of sp³-hybridized carbons (Fsp3) is 0.200. The van der Waals surface area contributed by atoms with Crippen LogP contribution in [0.1, 0.15) is 35.6 Å². The maximum Gasteiger partial charge on any atom is 0.378 e. The molecule has 0 unspecified atom stereocenters. The summed E-state index contributed by atoms with van der Waals surface area (Å²) in [4.78, 5) is 30.3. The molecular weight excluding hydrogens is 455 g/mol. The van der Waals surface area contributed by atoms with Crippen LogP contribution >= 0.6 is 11.3 Å². The first-order chi connectivity index (χ1) is 16.5. The van der Waals surface area contributed by atoms with Gasteiger partial charge in [-0.1, -0.05) is 38.1 Å². The number of para-hydroxylation sites is 1. The van der Waals surface area contributed by atoms with Crippen LogP contribution in [0.15, 0.2) is 60.0 Å². The molecule has 2 aromatic carbocycles. The quantitative estimate of drug-likeness (QED) is 0.358. The van der Waals surface area contributed by atoms with Gasteiger partial charge >= 0.3 is 5.97 Å². The van der Waals surface area contributed by atoms with Gasteiger partial charge in [0.1, 0.15) is 5.82 Å². The fourth-order valence-corrected chi connectivity index (χ4v) is 4.20. The largest absolute Gasteiger partial charge is 0.450 e. The molecular formula is C25H23FN4O3S. The molecule has 4 aromatic rings. The van der Waals surface area contributed by atoms with Crippen molar-refractivity contribution in [3.63, 3.8) is 0 Å². The van der Waals surface area contributed by atoms with Crippen molar-refractivity contribution in [1.29, 1.82) is 0 Å². The van der Waals surface area contributed by atoms with E-state index >= 15 is 0 Å². The summed E-state index contributed by atoms with van der Waals surface area (Å²) >= 11 is 1.43. The van der Waals surface area contributed by atoms with Crippen molar-refractivity contribution in [3.8, 4) is 16.4 Å². The Morgan fingerprint density at radius 3 is 2.35 bits per heavy atom. The highest BCUT2D eigenvalue weighted by Crippen LogP contribution is 2.26. The van der Waals surface area contributed by atoms with E-state index in [1.807, 2.05) is 49.6 Å². The molecule has 1 amide bonds. The number of thiophene rings is 1. The lowest BCUT2D eigenvalue weighted by Gasteiger charge is -2.14. The minimum Gasteiger partial charge on any atom is -0.450 e. The minimum atomic E-state index is -0.826. The lowest BCUT2D eigenvalue weighted by molar-refractivity contribution is -0.119. The molecule has 0 fully saturated rings. The molecule has 0 saturated carbocycles. The standard InChI is InChI=1S/C25H23FN4O3S/c1-3-16-7-5-8-17(4-2)22(16)27-21(31)15-33-25(32)23-28-24(20-9-6-14-34-20)30(29-23)19-12-10-18(26)11-13-19/h5-14H,3-4,15H2,1-2H3,(H,27,31). The van der Waals surface area contributed by atoms with E-state index in [2.05, 4.69) is 15.4 Å². The first-order valence-electron chi connectivity index (χ1n) is 10.8. The number of nitrogens with zero attached hydrogens (tertiary/aromatic N) is 3. The predicted molar refractivity (Wildman–Crippen MR) is 129 cm³/mol. The number of benzene rings is 2. The van der Waals surface area contributed by atoms with Crippen molar-refractivity contribution in [3.05, 3.63) is 82.7 Å². The molecule has 174 valence electrons. The highest BCUT2D eigenvalue weighted by Gasteiger charge is 2.22. The number of amides is 1. The van der Waals surface area contributed by atoms with Crippen molar-refractivity contribution in [2.24, 2.45) is 0 Å². The number of aryl methyl sites for hydroxylation is 2. The molecule has 2 aromatic heterocycles. The van der Waals surface area contributed by atoms with Gasteiger partial charge < -0.3 is 10.1 Å². The number of ether oxygens (including phenoxy) is 1. The Morgan fingerprint density at radius 1 is 1.03 bits per heavy atom. The maximum atomic E-state index is 13.4. The first-order valence-corrected chi connectivity index (χ1v) is 11.7. The van der Waals surface area contributed by atoms with Gasteiger partial charge in [-0.05, 0) is 59.7 Å². The molecule has 2 heterocycles. The van der Waals surface area contributed by atoms with Crippen molar-refractivity contribution in [1.82, 2.24) is 14.8 Å². The Kier molecular flexibility index (Phi) is 7.12. The summed E-state index contributed by atoms with van der Waals surface area (Å²) in [5.74, 6) is -1.43. The highest BCUT2D eigenvalue weighted by molar-refractivity contribution is 7.13. The Morgan fingerprint density at radius 2 is 1.74 bits per heavy atom. The molecule has 1 N–H and O–H groups in total. The van der Waals surface area contributed by atoms with Crippen LogP contribution in [0.4, 0.5) is 10.1 Å². The van der Waals surface area contributed by atoms with E-state index in [1.165, 1.54) is 28.2 Å². The molecule has 0 aliphatic heterocycles. The van der Waals surface area contributed by atoms with Gasteiger partial charge in [-0.2, -0.15) is 4.98 Å². The van der Waals surface area contributed by atoms with Crippen molar-refractivity contribution >= 4 is 28.9 Å². The number of hydrogen-bond acceptors (Lipinski definition) is 6. The Bertz CT molecular complexity index is 1280. The predicted octanol–water partition coefficient (Wildman–Crippen LogP) is 5.06. The molecule has 0 spiro atoms.